The van der Waals surface area contributed by atoms with Crippen molar-refractivity contribution in [3.05, 3.63) is 57.5 Å². The maximum absolute atomic E-state index is 11.9. The number of benzene rings is 2. The number of anilines is 2. The molecule has 0 aliphatic rings. The second-order valence-corrected chi connectivity index (χ2v) is 6.67. The van der Waals surface area contributed by atoms with E-state index >= 15 is 0 Å². The quantitative estimate of drug-likeness (QED) is 0.633. The summed E-state index contributed by atoms with van der Waals surface area (Å²) in [6, 6.07) is 11.2. The van der Waals surface area contributed by atoms with Gasteiger partial charge in [-0.05, 0) is 36.4 Å². The highest BCUT2D eigenvalue weighted by Gasteiger charge is 2.12. The Kier molecular flexibility index (Phi) is 7.91. The van der Waals surface area contributed by atoms with Crippen molar-refractivity contribution in [3.8, 4) is 0 Å². The van der Waals surface area contributed by atoms with Crippen LogP contribution in [0, 0.1) is 0 Å². The van der Waals surface area contributed by atoms with Crippen LogP contribution in [0.2, 0.25) is 15.1 Å². The van der Waals surface area contributed by atoms with Crippen LogP contribution in [-0.4, -0.2) is 24.4 Å². The molecule has 0 heterocycles. The van der Waals surface area contributed by atoms with Crippen LogP contribution in [0.15, 0.2) is 42.5 Å². The molecule has 9 heteroatoms. The Bertz CT molecular complexity index is 858. The number of esters is 1. The second-order valence-electron chi connectivity index (χ2n) is 5.39. The Morgan fingerprint density at radius 3 is 2.33 bits per heavy atom. The topological polar surface area (TPSA) is 84.5 Å². The number of hydrogen-bond acceptors (Lipinski definition) is 4. The van der Waals surface area contributed by atoms with E-state index in [1.54, 1.807) is 36.4 Å². The minimum Gasteiger partial charge on any atom is -0.456 e. The summed E-state index contributed by atoms with van der Waals surface area (Å²) in [5.74, 6) is -1.62. The molecule has 2 aromatic rings. The molecule has 0 saturated carbocycles. The Morgan fingerprint density at radius 1 is 0.852 bits per heavy atom. The van der Waals surface area contributed by atoms with Crippen molar-refractivity contribution in [2.24, 2.45) is 0 Å². The lowest BCUT2D eigenvalue weighted by Gasteiger charge is -2.08. The van der Waals surface area contributed by atoms with Crippen LogP contribution in [0.5, 0.6) is 0 Å². The van der Waals surface area contributed by atoms with E-state index in [-0.39, 0.29) is 12.8 Å². The molecular weight excluding hydrogens is 415 g/mol. The number of rotatable bonds is 7. The highest BCUT2D eigenvalue weighted by molar-refractivity contribution is 6.35. The number of halogens is 3. The molecule has 0 fully saturated rings. The van der Waals surface area contributed by atoms with E-state index in [0.29, 0.717) is 26.4 Å². The standard InChI is InChI=1S/C18H15Cl3N2O4/c19-11-2-1-3-13(8-11)22-17(25)10-27-18(26)7-6-16(24)23-15-9-12(20)4-5-14(15)21/h1-5,8-9H,6-7,10H2,(H,22,25)(H,23,24). The fourth-order valence-corrected chi connectivity index (χ4v) is 2.53. The van der Waals surface area contributed by atoms with Crippen molar-refractivity contribution in [1.82, 2.24) is 0 Å². The lowest BCUT2D eigenvalue weighted by atomic mass is 10.2. The lowest BCUT2D eigenvalue weighted by Crippen LogP contribution is -2.21. The molecule has 0 aromatic heterocycles. The van der Waals surface area contributed by atoms with Gasteiger partial charge in [0.2, 0.25) is 5.91 Å². The Hall–Kier alpha value is -2.28. The minimum absolute atomic E-state index is 0.127. The molecule has 0 spiro atoms. The molecule has 2 amide bonds. The molecule has 2 rings (SSSR count). The smallest absolute Gasteiger partial charge is 0.306 e. The molecule has 142 valence electrons. The maximum atomic E-state index is 11.9. The van der Waals surface area contributed by atoms with Crippen LogP contribution in [0.3, 0.4) is 0 Å². The van der Waals surface area contributed by atoms with E-state index in [4.69, 9.17) is 39.5 Å². The number of hydrogen-bond donors (Lipinski definition) is 2. The van der Waals surface area contributed by atoms with Crippen molar-refractivity contribution < 1.29 is 19.1 Å². The van der Waals surface area contributed by atoms with Gasteiger partial charge in [0, 0.05) is 22.2 Å². The zero-order valence-corrected chi connectivity index (χ0v) is 16.2. The number of amides is 2. The molecule has 27 heavy (non-hydrogen) atoms. The molecular formula is C18H15Cl3N2O4. The number of nitrogens with one attached hydrogen (secondary N) is 2. The largest absolute Gasteiger partial charge is 0.456 e. The fraction of sp³-hybridized carbons (Fsp3) is 0.167. The summed E-state index contributed by atoms with van der Waals surface area (Å²) in [5, 5.41) is 6.31. The minimum atomic E-state index is -0.677. The van der Waals surface area contributed by atoms with E-state index in [9.17, 15) is 14.4 Å². The van der Waals surface area contributed by atoms with Gasteiger partial charge in [-0.3, -0.25) is 14.4 Å². The maximum Gasteiger partial charge on any atom is 0.306 e. The first kappa shape index (κ1) is 21.0. The van der Waals surface area contributed by atoms with Crippen molar-refractivity contribution in [2.75, 3.05) is 17.2 Å². The van der Waals surface area contributed by atoms with Crippen LogP contribution in [0.25, 0.3) is 0 Å². The van der Waals surface area contributed by atoms with Crippen LogP contribution in [0.1, 0.15) is 12.8 Å². The van der Waals surface area contributed by atoms with Gasteiger partial charge in [0.05, 0.1) is 17.1 Å². The summed E-state index contributed by atoms with van der Waals surface area (Å²) >= 11 is 17.6. The molecule has 0 saturated heterocycles. The van der Waals surface area contributed by atoms with Gasteiger partial charge in [-0.2, -0.15) is 0 Å². The molecule has 6 nitrogen and oxygen atoms in total. The SMILES string of the molecule is O=C(COC(=O)CCC(=O)Nc1cc(Cl)ccc1Cl)Nc1cccc(Cl)c1. The van der Waals surface area contributed by atoms with Crippen LogP contribution in [0.4, 0.5) is 11.4 Å². The fourth-order valence-electron chi connectivity index (χ4n) is 2.00. The Morgan fingerprint density at radius 2 is 1.59 bits per heavy atom. The van der Waals surface area contributed by atoms with E-state index in [1.807, 2.05) is 0 Å². The first-order chi connectivity index (χ1) is 12.8. The van der Waals surface area contributed by atoms with Gasteiger partial charge in [0.1, 0.15) is 0 Å². The predicted molar refractivity (Wildman–Crippen MR) is 105 cm³/mol. The van der Waals surface area contributed by atoms with Gasteiger partial charge < -0.3 is 15.4 Å². The molecule has 0 bridgehead atoms. The van der Waals surface area contributed by atoms with Gasteiger partial charge in [0.25, 0.3) is 5.91 Å². The highest BCUT2D eigenvalue weighted by atomic mass is 35.5. The third-order valence-electron chi connectivity index (χ3n) is 3.23. The zero-order chi connectivity index (χ0) is 19.8. The summed E-state index contributed by atoms with van der Waals surface area (Å²) < 4.78 is 4.84. The van der Waals surface area contributed by atoms with Crippen molar-refractivity contribution >= 4 is 64.0 Å². The first-order valence-electron chi connectivity index (χ1n) is 7.79. The average molecular weight is 430 g/mol. The number of carbonyl (C=O) groups excluding carboxylic acids is 3. The van der Waals surface area contributed by atoms with E-state index < -0.39 is 24.4 Å². The normalized spacial score (nSPS) is 10.2. The van der Waals surface area contributed by atoms with Crippen molar-refractivity contribution in [2.45, 2.75) is 12.8 Å². The van der Waals surface area contributed by atoms with Gasteiger partial charge in [-0.15, -0.1) is 0 Å². The Balaban J connectivity index is 1.71. The number of carbonyl (C=O) groups is 3. The summed E-state index contributed by atoms with van der Waals surface area (Å²) in [6.07, 6.45) is -0.313. The lowest BCUT2D eigenvalue weighted by molar-refractivity contribution is -0.147. The molecule has 2 N–H and O–H groups in total. The predicted octanol–water partition coefficient (Wildman–Crippen LogP) is 4.55. The molecule has 0 atom stereocenters. The Labute approximate surface area is 170 Å². The third-order valence-corrected chi connectivity index (χ3v) is 4.03. The third kappa shape index (κ3) is 7.46. The summed E-state index contributed by atoms with van der Waals surface area (Å²) in [4.78, 5) is 35.3. The van der Waals surface area contributed by atoms with Crippen molar-refractivity contribution in [3.63, 3.8) is 0 Å². The highest BCUT2D eigenvalue weighted by Crippen LogP contribution is 2.25. The van der Waals surface area contributed by atoms with E-state index in [1.165, 1.54) is 6.07 Å². The van der Waals surface area contributed by atoms with E-state index in [0.717, 1.165) is 0 Å². The van der Waals surface area contributed by atoms with Gasteiger partial charge in [0.15, 0.2) is 6.61 Å². The second kappa shape index (κ2) is 10.2. The van der Waals surface area contributed by atoms with Crippen LogP contribution < -0.4 is 10.6 Å². The average Bonchev–Trinajstić information content (AvgIpc) is 2.61. The van der Waals surface area contributed by atoms with Crippen LogP contribution in [-0.2, 0) is 19.1 Å². The first-order valence-corrected chi connectivity index (χ1v) is 8.93. The number of ether oxygens (including phenoxy) is 1. The van der Waals surface area contributed by atoms with Crippen LogP contribution >= 0.6 is 34.8 Å². The molecule has 0 aliphatic carbocycles. The summed E-state index contributed by atoms with van der Waals surface area (Å²) in [7, 11) is 0. The van der Waals surface area contributed by atoms with E-state index in [2.05, 4.69) is 10.6 Å². The molecule has 0 unspecified atom stereocenters. The van der Waals surface area contributed by atoms with Gasteiger partial charge >= 0.3 is 5.97 Å². The molecule has 0 radical (unpaired) electrons. The summed E-state index contributed by atoms with van der Waals surface area (Å²) in [6.45, 7) is -0.465. The van der Waals surface area contributed by atoms with Crippen molar-refractivity contribution in [1.29, 1.82) is 0 Å². The zero-order valence-electron chi connectivity index (χ0n) is 13.9. The molecule has 2 aromatic carbocycles. The summed E-state index contributed by atoms with van der Waals surface area (Å²) in [5.41, 5.74) is 0.838. The van der Waals surface area contributed by atoms with Gasteiger partial charge in [-0.25, -0.2) is 0 Å². The molecule has 0 aliphatic heterocycles. The monoisotopic (exact) mass is 428 g/mol. The van der Waals surface area contributed by atoms with Gasteiger partial charge in [-0.1, -0.05) is 40.9 Å².